The van der Waals surface area contributed by atoms with E-state index in [1.165, 1.54) is 0 Å². The Kier molecular flexibility index (Phi) is 1.15. The lowest BCUT2D eigenvalue weighted by atomic mass is 10.5. The highest BCUT2D eigenvalue weighted by Crippen LogP contribution is 2.22. The molecule has 2 heterocycles. The number of fused-ring (bicyclic) bond motifs is 1. The first-order valence-corrected chi connectivity index (χ1v) is 4.31. The van der Waals surface area contributed by atoms with Crippen LogP contribution >= 0.6 is 21.3 Å². The van der Waals surface area contributed by atoms with E-state index < -0.39 is 0 Å². The molecule has 1 aromatic rings. The molecule has 0 fully saturated rings. The van der Waals surface area contributed by atoms with E-state index >= 15 is 0 Å². The molecule has 0 radical (unpaired) electrons. The van der Waals surface area contributed by atoms with Gasteiger partial charge in [-0.25, -0.2) is 8.19 Å². The lowest BCUT2D eigenvalue weighted by molar-refractivity contribution is 1.30. The molecule has 0 saturated heterocycles. The Balaban J connectivity index is 2.68. The van der Waals surface area contributed by atoms with Crippen molar-refractivity contribution in [3.05, 3.63) is 12.0 Å². The van der Waals surface area contributed by atoms with E-state index in [9.17, 15) is 0 Å². The topological polar surface area (TPSA) is 53.4 Å². The first-order valence-electron chi connectivity index (χ1n) is 2.38. The van der Waals surface area contributed by atoms with Gasteiger partial charge in [-0.2, -0.15) is 3.15 Å². The Morgan fingerprint density at radius 2 is 2.56 bits per heavy atom. The van der Waals surface area contributed by atoms with Gasteiger partial charge in [-0.1, -0.05) is 0 Å². The number of aromatic amines is 1. The minimum atomic E-state index is -0.336. The molecule has 1 aromatic heterocycles. The van der Waals surface area contributed by atoms with Crippen LogP contribution in [0.5, 0.6) is 0 Å². The third-order valence-electron chi connectivity index (χ3n) is 0.987. The van der Waals surface area contributed by atoms with E-state index in [1.807, 2.05) is 0 Å². The summed E-state index contributed by atoms with van der Waals surface area (Å²) < 4.78 is 8.16. The molecule has 0 saturated carbocycles. The van der Waals surface area contributed by atoms with Crippen LogP contribution in [0.25, 0.3) is 0 Å². The van der Waals surface area contributed by atoms with E-state index in [0.29, 0.717) is 0 Å². The smallest absolute Gasteiger partial charge is 0.186 e. The molecule has 0 aliphatic carbocycles. The second-order valence-electron chi connectivity index (χ2n) is 1.53. The predicted octanol–water partition coefficient (Wildman–Crippen LogP) is 1.54. The highest BCUT2D eigenvalue weighted by molar-refractivity contribution is 14.1. The van der Waals surface area contributed by atoms with E-state index in [4.69, 9.17) is 0 Å². The van der Waals surface area contributed by atoms with Gasteiger partial charge in [-0.3, -0.25) is 0 Å². The first-order chi connectivity index (χ1) is 4.47. The van der Waals surface area contributed by atoms with Gasteiger partial charge >= 0.3 is 0 Å². The predicted molar refractivity (Wildman–Crippen MR) is 42.3 cm³/mol. The summed E-state index contributed by atoms with van der Waals surface area (Å²) in [5.74, 6) is 0.817. The second kappa shape index (κ2) is 1.98. The Labute approximate surface area is 61.9 Å². The zero-order chi connectivity index (χ0) is 6.10. The van der Waals surface area contributed by atoms with E-state index in [1.54, 1.807) is 12.5 Å². The zero-order valence-corrected chi connectivity index (χ0v) is 6.53. The molecule has 0 unspecified atom stereocenters. The van der Waals surface area contributed by atoms with Crippen LogP contribution in [0.2, 0.25) is 0 Å². The van der Waals surface area contributed by atoms with Crippen molar-refractivity contribution in [3.8, 4) is 0 Å². The van der Waals surface area contributed by atoms with Crippen LogP contribution in [0, 0.1) is 0 Å². The third-order valence-corrected chi connectivity index (χ3v) is 2.19. The van der Waals surface area contributed by atoms with Crippen molar-refractivity contribution in [2.75, 3.05) is 0 Å². The molecule has 46 valence electrons. The lowest BCUT2D eigenvalue weighted by Crippen LogP contribution is -1.79. The average molecular weight is 234 g/mol. The summed E-state index contributed by atoms with van der Waals surface area (Å²) in [7, 11) is 0. The lowest BCUT2D eigenvalue weighted by Gasteiger charge is -1.89. The molecule has 0 aromatic carbocycles. The normalized spacial score (nSPS) is 14.7. The number of nitrogens with one attached hydrogen (secondary N) is 1. The van der Waals surface area contributed by atoms with Crippen LogP contribution in [0.15, 0.2) is 12.7 Å². The average Bonchev–Trinajstić information content (AvgIpc) is 2.33. The maximum absolute atomic E-state index is 4.12. The molecular formula is C4H3IN4. The fourth-order valence-electron chi connectivity index (χ4n) is 0.588. The number of aromatic nitrogens is 2. The molecule has 5 heteroatoms. The van der Waals surface area contributed by atoms with Crippen molar-refractivity contribution in [2.24, 2.45) is 6.35 Å². The molecule has 1 N–H and O–H groups in total. The highest BCUT2D eigenvalue weighted by Gasteiger charge is 2.02. The molecule has 4 nitrogen and oxygen atoms in total. The largest absolute Gasteiger partial charge is 0.342 e. The zero-order valence-electron chi connectivity index (χ0n) is 4.37. The van der Waals surface area contributed by atoms with E-state index in [0.717, 1.165) is 11.5 Å². The Hall–Kier alpha value is -0.590. The Bertz CT molecular complexity index is 247. The summed E-state index contributed by atoms with van der Waals surface area (Å²) in [5.41, 5.74) is 0.931. The first kappa shape index (κ1) is 5.21. The molecule has 1 aliphatic heterocycles. The Morgan fingerprint density at radius 3 is 3.44 bits per heavy atom. The van der Waals surface area contributed by atoms with Crippen LogP contribution in [0.3, 0.4) is 0 Å². The molecule has 1 aliphatic rings. The van der Waals surface area contributed by atoms with Gasteiger partial charge in [-0.15, -0.1) is 0 Å². The van der Waals surface area contributed by atoms with Crippen molar-refractivity contribution in [2.45, 2.75) is 0 Å². The van der Waals surface area contributed by atoms with E-state index in [-0.39, 0.29) is 21.3 Å². The SMILES string of the molecule is C1=NI=Nc2nc[nH]c21. The van der Waals surface area contributed by atoms with Crippen LogP contribution in [0.4, 0.5) is 5.82 Å². The fourth-order valence-corrected chi connectivity index (χ4v) is 1.70. The molecule has 0 spiro atoms. The van der Waals surface area contributed by atoms with Gasteiger partial charge < -0.3 is 4.98 Å². The fraction of sp³-hybridized carbons (Fsp3) is 0. The summed E-state index contributed by atoms with van der Waals surface area (Å²) >= 11 is -0.336. The van der Waals surface area contributed by atoms with Crippen LogP contribution in [-0.4, -0.2) is 16.2 Å². The van der Waals surface area contributed by atoms with Gasteiger partial charge in [0.2, 0.25) is 0 Å². The molecular weight excluding hydrogens is 231 g/mol. The van der Waals surface area contributed by atoms with Crippen molar-refractivity contribution in [1.82, 2.24) is 9.97 Å². The van der Waals surface area contributed by atoms with Crippen molar-refractivity contribution >= 4 is 33.3 Å². The third kappa shape index (κ3) is 0.805. The number of hydrogen-bond donors (Lipinski definition) is 1. The molecule has 0 amide bonds. The van der Waals surface area contributed by atoms with Gasteiger partial charge in [0.05, 0.1) is 12.5 Å². The monoisotopic (exact) mass is 234 g/mol. The summed E-state index contributed by atoms with van der Waals surface area (Å²) in [4.78, 5) is 6.89. The van der Waals surface area contributed by atoms with Gasteiger partial charge in [0, 0.05) is 0 Å². The van der Waals surface area contributed by atoms with Gasteiger partial charge in [0.1, 0.15) is 27.0 Å². The van der Waals surface area contributed by atoms with Crippen molar-refractivity contribution in [3.63, 3.8) is 0 Å². The summed E-state index contributed by atoms with van der Waals surface area (Å²) in [6, 6.07) is 0. The summed E-state index contributed by atoms with van der Waals surface area (Å²) in [6.07, 6.45) is 3.43. The number of halogens is 1. The van der Waals surface area contributed by atoms with Crippen molar-refractivity contribution < 1.29 is 0 Å². The maximum atomic E-state index is 4.12. The minimum Gasteiger partial charge on any atom is -0.342 e. The van der Waals surface area contributed by atoms with Crippen molar-refractivity contribution in [1.29, 1.82) is 0 Å². The minimum absolute atomic E-state index is 0.336. The maximum Gasteiger partial charge on any atom is 0.186 e. The number of H-pyrrole nitrogens is 1. The number of rotatable bonds is 0. The Morgan fingerprint density at radius 1 is 1.56 bits per heavy atom. The summed E-state index contributed by atoms with van der Waals surface area (Å²) in [6.45, 7) is 0. The van der Waals surface area contributed by atoms with Gasteiger partial charge in [0.25, 0.3) is 0 Å². The number of imidazole rings is 1. The molecule has 0 bridgehead atoms. The number of hydrogen-bond acceptors (Lipinski definition) is 3. The highest BCUT2D eigenvalue weighted by atomic mass is 127. The van der Waals surface area contributed by atoms with Crippen LogP contribution < -0.4 is 0 Å². The van der Waals surface area contributed by atoms with Gasteiger partial charge in [-0.05, 0) is 0 Å². The quantitative estimate of drug-likeness (QED) is 0.680. The molecule has 9 heavy (non-hydrogen) atoms. The second-order valence-corrected chi connectivity index (χ2v) is 3.00. The summed E-state index contributed by atoms with van der Waals surface area (Å²) in [5, 5.41) is 0. The standard InChI is InChI=1S/C4H3IN4/c1-3-4(7-2-6-3)9-5-8-1/h1-2H,(H,6,7,8,9). The van der Waals surface area contributed by atoms with Crippen LogP contribution in [-0.2, 0) is 0 Å². The van der Waals surface area contributed by atoms with E-state index in [2.05, 4.69) is 16.3 Å². The van der Waals surface area contributed by atoms with Gasteiger partial charge in [0.15, 0.2) is 5.82 Å². The number of nitrogens with zero attached hydrogens (tertiary/aromatic N) is 3. The molecule has 0 atom stereocenters. The molecule has 2 rings (SSSR count). The van der Waals surface area contributed by atoms with Crippen LogP contribution in [0.1, 0.15) is 5.69 Å².